The summed E-state index contributed by atoms with van der Waals surface area (Å²) in [5, 5.41) is 0. The normalized spacial score (nSPS) is 11.3. The molecule has 0 unspecified atom stereocenters. The van der Waals surface area contributed by atoms with Crippen LogP contribution in [0, 0.1) is 11.6 Å². The zero-order valence-electron chi connectivity index (χ0n) is 10.9. The lowest BCUT2D eigenvalue weighted by molar-refractivity contribution is 0.0303. The molecule has 0 bridgehead atoms. The summed E-state index contributed by atoms with van der Waals surface area (Å²) >= 11 is 0. The molecule has 100 valence electrons. The highest BCUT2D eigenvalue weighted by atomic mass is 19.1. The van der Waals surface area contributed by atoms with Gasteiger partial charge in [-0.2, -0.15) is 0 Å². The number of halogens is 2. The lowest BCUT2D eigenvalue weighted by Gasteiger charge is -2.21. The van der Waals surface area contributed by atoms with Crippen molar-refractivity contribution >= 4 is 0 Å². The summed E-state index contributed by atoms with van der Waals surface area (Å²) < 4.78 is 31.8. The van der Waals surface area contributed by atoms with Crippen LogP contribution in [0.25, 0.3) is 0 Å². The molecule has 0 saturated carbocycles. The van der Waals surface area contributed by atoms with Gasteiger partial charge in [-0.1, -0.05) is 24.3 Å². The Morgan fingerprint density at radius 1 is 0.737 bits per heavy atom. The molecule has 19 heavy (non-hydrogen) atoms. The molecule has 0 atom stereocenters. The summed E-state index contributed by atoms with van der Waals surface area (Å²) in [6, 6.07) is 12.3. The Hall–Kier alpha value is -1.74. The smallest absolute Gasteiger partial charge is 0.123 e. The molecule has 2 rings (SSSR count). The van der Waals surface area contributed by atoms with Gasteiger partial charge in [0, 0.05) is 0 Å². The quantitative estimate of drug-likeness (QED) is 0.789. The van der Waals surface area contributed by atoms with Crippen molar-refractivity contribution in [1.82, 2.24) is 0 Å². The third-order valence-corrected chi connectivity index (χ3v) is 2.75. The van der Waals surface area contributed by atoms with Gasteiger partial charge in [0.05, 0.1) is 6.10 Å². The van der Waals surface area contributed by atoms with Gasteiger partial charge in [0.2, 0.25) is 0 Å². The van der Waals surface area contributed by atoms with Crippen molar-refractivity contribution in [3.63, 3.8) is 0 Å². The van der Waals surface area contributed by atoms with Crippen molar-refractivity contribution in [2.45, 2.75) is 26.1 Å². The van der Waals surface area contributed by atoms with Crippen LogP contribution in [0.5, 0.6) is 0 Å². The fourth-order valence-electron chi connectivity index (χ4n) is 1.90. The average molecular weight is 262 g/mol. The van der Waals surface area contributed by atoms with Gasteiger partial charge in [-0.05, 0) is 49.2 Å². The molecule has 2 aromatic rings. The predicted molar refractivity (Wildman–Crippen MR) is 70.9 cm³/mol. The third-order valence-electron chi connectivity index (χ3n) is 2.75. The van der Waals surface area contributed by atoms with Crippen molar-refractivity contribution in [2.24, 2.45) is 0 Å². The maximum absolute atomic E-state index is 13.0. The van der Waals surface area contributed by atoms with Crippen molar-refractivity contribution < 1.29 is 13.5 Å². The van der Waals surface area contributed by atoms with E-state index in [1.807, 2.05) is 13.8 Å². The van der Waals surface area contributed by atoms with Crippen LogP contribution in [0.4, 0.5) is 8.78 Å². The van der Waals surface area contributed by atoms with Gasteiger partial charge in [-0.15, -0.1) is 0 Å². The molecule has 0 aliphatic rings. The fraction of sp³-hybridized carbons (Fsp3) is 0.250. The van der Waals surface area contributed by atoms with Crippen molar-refractivity contribution in [3.05, 3.63) is 71.3 Å². The molecule has 0 saturated heterocycles. The molecule has 0 heterocycles. The molecule has 1 nitrogen and oxygen atoms in total. The second-order valence-corrected chi connectivity index (χ2v) is 4.67. The van der Waals surface area contributed by atoms with Gasteiger partial charge < -0.3 is 4.74 Å². The van der Waals surface area contributed by atoms with E-state index in [0.29, 0.717) is 0 Å². The number of hydrogen-bond acceptors (Lipinski definition) is 1. The van der Waals surface area contributed by atoms with E-state index in [0.717, 1.165) is 11.1 Å². The van der Waals surface area contributed by atoms with E-state index >= 15 is 0 Å². The molecule has 0 aliphatic heterocycles. The van der Waals surface area contributed by atoms with Gasteiger partial charge in [0.25, 0.3) is 0 Å². The second kappa shape index (κ2) is 5.93. The van der Waals surface area contributed by atoms with E-state index in [-0.39, 0.29) is 23.8 Å². The van der Waals surface area contributed by atoms with Crippen LogP contribution < -0.4 is 0 Å². The topological polar surface area (TPSA) is 9.23 Å². The summed E-state index contributed by atoms with van der Waals surface area (Å²) in [6.45, 7) is 3.86. The summed E-state index contributed by atoms with van der Waals surface area (Å²) in [7, 11) is 0. The molecule has 0 amide bonds. The summed E-state index contributed by atoms with van der Waals surface area (Å²) in [5.41, 5.74) is 1.70. The summed E-state index contributed by atoms with van der Waals surface area (Å²) in [6.07, 6.45) is -0.304. The molecule has 0 spiro atoms. The van der Waals surface area contributed by atoms with Crippen molar-refractivity contribution in [2.75, 3.05) is 0 Å². The maximum Gasteiger partial charge on any atom is 0.123 e. The molecule has 3 heteroatoms. The van der Waals surface area contributed by atoms with E-state index in [2.05, 4.69) is 0 Å². The van der Waals surface area contributed by atoms with E-state index in [9.17, 15) is 8.78 Å². The zero-order valence-corrected chi connectivity index (χ0v) is 10.9. The van der Waals surface area contributed by atoms with Crippen LogP contribution in [-0.2, 0) is 4.74 Å². The predicted octanol–water partition coefficient (Wildman–Crippen LogP) is 4.48. The van der Waals surface area contributed by atoms with Crippen molar-refractivity contribution in [3.8, 4) is 0 Å². The monoisotopic (exact) mass is 262 g/mol. The Balaban J connectivity index is 2.35. The standard InChI is InChI=1S/C16H16F2O/c1-11(2)19-16(12-3-7-14(17)8-4-12)13-5-9-15(18)10-6-13/h3-11,16H,1-2H3. The molecule has 0 aromatic heterocycles. The van der Waals surface area contributed by atoms with Crippen LogP contribution >= 0.6 is 0 Å². The molecule has 0 radical (unpaired) electrons. The summed E-state index contributed by atoms with van der Waals surface area (Å²) in [4.78, 5) is 0. The Bertz CT molecular complexity index is 472. The molecular weight excluding hydrogens is 246 g/mol. The molecule has 2 aromatic carbocycles. The Labute approximate surface area is 111 Å². The Morgan fingerprint density at radius 2 is 1.11 bits per heavy atom. The van der Waals surface area contributed by atoms with Gasteiger partial charge in [-0.3, -0.25) is 0 Å². The third kappa shape index (κ3) is 3.61. The van der Waals surface area contributed by atoms with Crippen LogP contribution in [0.2, 0.25) is 0 Å². The number of benzene rings is 2. The van der Waals surface area contributed by atoms with Gasteiger partial charge in [0.15, 0.2) is 0 Å². The highest BCUT2D eigenvalue weighted by Gasteiger charge is 2.16. The first kappa shape index (κ1) is 13.7. The molecule has 0 aliphatic carbocycles. The van der Waals surface area contributed by atoms with Crippen LogP contribution in [-0.4, -0.2) is 6.10 Å². The van der Waals surface area contributed by atoms with Crippen LogP contribution in [0.3, 0.4) is 0 Å². The minimum absolute atomic E-state index is 0.0140. The van der Waals surface area contributed by atoms with Gasteiger partial charge >= 0.3 is 0 Å². The number of ether oxygens (including phenoxy) is 1. The zero-order chi connectivity index (χ0) is 13.8. The Morgan fingerprint density at radius 3 is 1.42 bits per heavy atom. The van der Waals surface area contributed by atoms with E-state index < -0.39 is 0 Å². The SMILES string of the molecule is CC(C)OC(c1ccc(F)cc1)c1ccc(F)cc1. The highest BCUT2D eigenvalue weighted by Crippen LogP contribution is 2.27. The van der Waals surface area contributed by atoms with E-state index in [4.69, 9.17) is 4.74 Å². The van der Waals surface area contributed by atoms with Gasteiger partial charge in [0.1, 0.15) is 17.7 Å². The second-order valence-electron chi connectivity index (χ2n) is 4.67. The average Bonchev–Trinajstić information content (AvgIpc) is 2.38. The highest BCUT2D eigenvalue weighted by molar-refractivity contribution is 5.30. The maximum atomic E-state index is 13.0. The fourth-order valence-corrected chi connectivity index (χ4v) is 1.90. The van der Waals surface area contributed by atoms with Crippen LogP contribution in [0.15, 0.2) is 48.5 Å². The van der Waals surface area contributed by atoms with E-state index in [1.165, 1.54) is 24.3 Å². The Kier molecular flexibility index (Phi) is 4.27. The molecular formula is C16H16F2O. The van der Waals surface area contributed by atoms with Gasteiger partial charge in [-0.25, -0.2) is 8.78 Å². The largest absolute Gasteiger partial charge is 0.366 e. The summed E-state index contributed by atoms with van der Waals surface area (Å²) in [5.74, 6) is -0.572. The lowest BCUT2D eigenvalue weighted by Crippen LogP contribution is -2.12. The first-order valence-electron chi connectivity index (χ1n) is 6.22. The number of rotatable bonds is 4. The van der Waals surface area contributed by atoms with E-state index in [1.54, 1.807) is 24.3 Å². The van der Waals surface area contributed by atoms with Crippen LogP contribution in [0.1, 0.15) is 31.1 Å². The van der Waals surface area contributed by atoms with Crippen molar-refractivity contribution in [1.29, 1.82) is 0 Å². The minimum Gasteiger partial charge on any atom is -0.366 e. The first-order valence-corrected chi connectivity index (χ1v) is 6.22. The first-order chi connectivity index (χ1) is 9.06. The number of hydrogen-bond donors (Lipinski definition) is 0. The lowest BCUT2D eigenvalue weighted by atomic mass is 10.0. The molecule has 0 N–H and O–H groups in total. The molecule has 0 fully saturated rings. The minimum atomic E-state index is -0.318.